The van der Waals surface area contributed by atoms with Gasteiger partial charge in [-0.3, -0.25) is 19.1 Å². The number of rotatable bonds is 9. The second-order valence-corrected chi connectivity index (χ2v) is 9.32. The van der Waals surface area contributed by atoms with Crippen LogP contribution in [0.3, 0.4) is 0 Å². The summed E-state index contributed by atoms with van der Waals surface area (Å²) in [6, 6.07) is 16.4. The number of carboxylic acid groups (broad SMARTS) is 1. The Morgan fingerprint density at radius 3 is 2.44 bits per heavy atom. The summed E-state index contributed by atoms with van der Waals surface area (Å²) < 4.78 is 1.35. The molecule has 0 saturated carbocycles. The number of aromatic carboxylic acids is 1. The van der Waals surface area contributed by atoms with Gasteiger partial charge >= 0.3 is 5.97 Å². The van der Waals surface area contributed by atoms with Crippen LogP contribution in [-0.4, -0.2) is 46.1 Å². The molecular formula is C28H32N4O4. The van der Waals surface area contributed by atoms with Crippen LogP contribution in [-0.2, 0) is 6.54 Å². The van der Waals surface area contributed by atoms with Crippen LogP contribution in [0.2, 0.25) is 0 Å². The van der Waals surface area contributed by atoms with Crippen LogP contribution in [0.25, 0.3) is 5.69 Å². The molecule has 188 valence electrons. The van der Waals surface area contributed by atoms with E-state index in [9.17, 15) is 19.5 Å². The maximum absolute atomic E-state index is 13.4. The highest BCUT2D eigenvalue weighted by atomic mass is 16.4. The maximum atomic E-state index is 13.4. The average Bonchev–Trinajstić information content (AvgIpc) is 2.88. The molecule has 1 amide bonds. The number of nitrogens with one attached hydrogen (secondary N) is 1. The zero-order chi connectivity index (χ0) is 25.7. The first-order valence-corrected chi connectivity index (χ1v) is 12.3. The van der Waals surface area contributed by atoms with Gasteiger partial charge in [0.25, 0.3) is 5.56 Å². The second-order valence-electron chi connectivity index (χ2n) is 9.32. The summed E-state index contributed by atoms with van der Waals surface area (Å²) in [6.07, 6.45) is 4.96. The fourth-order valence-electron chi connectivity index (χ4n) is 4.70. The van der Waals surface area contributed by atoms with Crippen LogP contribution < -0.4 is 16.6 Å². The van der Waals surface area contributed by atoms with Gasteiger partial charge in [0.15, 0.2) is 0 Å². The van der Waals surface area contributed by atoms with Gasteiger partial charge in [0, 0.05) is 24.8 Å². The maximum Gasteiger partial charge on any atom is 0.343 e. The third-order valence-corrected chi connectivity index (χ3v) is 6.74. The molecule has 8 nitrogen and oxygen atoms in total. The highest BCUT2D eigenvalue weighted by Gasteiger charge is 2.21. The fraction of sp³-hybridized carbons (Fsp3) is 0.321. The number of hydrogen-bond acceptors (Lipinski definition) is 5. The summed E-state index contributed by atoms with van der Waals surface area (Å²) in [6.45, 7) is 4.91. The number of nitrogens with two attached hydrogens (primary N) is 1. The molecular weight excluding hydrogens is 456 g/mol. The van der Waals surface area contributed by atoms with E-state index in [0.29, 0.717) is 24.3 Å². The largest absolute Gasteiger partial charge is 0.477 e. The van der Waals surface area contributed by atoms with Crippen molar-refractivity contribution in [3.8, 4) is 5.69 Å². The first kappa shape index (κ1) is 25.2. The minimum atomic E-state index is -1.30. The van der Waals surface area contributed by atoms with E-state index in [1.54, 1.807) is 30.5 Å². The lowest BCUT2D eigenvalue weighted by atomic mass is 10.0. The number of anilines is 1. The second kappa shape index (κ2) is 11.2. The van der Waals surface area contributed by atoms with Crippen molar-refractivity contribution in [1.82, 2.24) is 9.47 Å². The molecule has 2 heterocycles. The highest BCUT2D eigenvalue weighted by Crippen LogP contribution is 2.23. The van der Waals surface area contributed by atoms with Crippen LogP contribution in [0.4, 0.5) is 5.69 Å². The first-order valence-electron chi connectivity index (χ1n) is 12.3. The van der Waals surface area contributed by atoms with Crippen molar-refractivity contribution in [2.75, 3.05) is 25.0 Å². The Balaban J connectivity index is 1.68. The molecule has 4 rings (SSSR count). The van der Waals surface area contributed by atoms with E-state index in [2.05, 4.69) is 10.2 Å². The monoisotopic (exact) mass is 488 g/mol. The summed E-state index contributed by atoms with van der Waals surface area (Å²) in [5.41, 5.74) is 7.60. The molecule has 1 fully saturated rings. The van der Waals surface area contributed by atoms with Gasteiger partial charge in [0.1, 0.15) is 5.56 Å². The number of amides is 1. The van der Waals surface area contributed by atoms with E-state index in [0.717, 1.165) is 37.1 Å². The van der Waals surface area contributed by atoms with Crippen molar-refractivity contribution in [2.45, 2.75) is 38.6 Å². The zero-order valence-corrected chi connectivity index (χ0v) is 20.4. The molecule has 4 N–H and O–H groups in total. The summed E-state index contributed by atoms with van der Waals surface area (Å²) in [5.74, 6) is -1.73. The Morgan fingerprint density at radius 2 is 1.78 bits per heavy atom. The van der Waals surface area contributed by atoms with Crippen molar-refractivity contribution in [3.05, 3.63) is 93.4 Å². The molecule has 1 aliphatic heterocycles. The highest BCUT2D eigenvalue weighted by molar-refractivity contribution is 5.94. The lowest BCUT2D eigenvalue weighted by molar-refractivity contribution is 0.0695. The number of carbonyl (C=O) groups excluding carboxylic acids is 1. The summed E-state index contributed by atoms with van der Waals surface area (Å²) in [4.78, 5) is 39.7. The quantitative estimate of drug-likeness (QED) is 0.421. The van der Waals surface area contributed by atoms with Gasteiger partial charge in [-0.1, -0.05) is 43.7 Å². The van der Waals surface area contributed by atoms with E-state index >= 15 is 0 Å². The molecule has 0 aliphatic carbocycles. The molecule has 3 aromatic rings. The molecule has 1 unspecified atom stereocenters. The van der Waals surface area contributed by atoms with Crippen LogP contribution in [0.5, 0.6) is 0 Å². The van der Waals surface area contributed by atoms with Gasteiger partial charge in [0.05, 0.1) is 11.4 Å². The Bertz CT molecular complexity index is 1300. The van der Waals surface area contributed by atoms with Gasteiger partial charge in [-0.25, -0.2) is 4.79 Å². The van der Waals surface area contributed by atoms with Gasteiger partial charge in [-0.2, -0.15) is 0 Å². The lowest BCUT2D eigenvalue weighted by Gasteiger charge is -2.27. The number of likely N-dealkylation sites (tertiary alicyclic amines) is 1. The summed E-state index contributed by atoms with van der Waals surface area (Å²) in [5, 5.41) is 13.1. The Labute approximate surface area is 210 Å². The van der Waals surface area contributed by atoms with Gasteiger partial charge in [0.2, 0.25) is 5.91 Å². The average molecular weight is 489 g/mol. The van der Waals surface area contributed by atoms with Crippen molar-refractivity contribution < 1.29 is 14.7 Å². The number of aromatic nitrogens is 1. The van der Waals surface area contributed by atoms with Crippen LogP contribution >= 0.6 is 0 Å². The predicted octanol–water partition coefficient (Wildman–Crippen LogP) is 3.84. The molecule has 1 saturated heterocycles. The number of piperidine rings is 1. The van der Waals surface area contributed by atoms with Crippen molar-refractivity contribution in [2.24, 2.45) is 5.73 Å². The molecule has 1 aliphatic rings. The molecule has 8 heteroatoms. The zero-order valence-electron chi connectivity index (χ0n) is 20.4. The van der Waals surface area contributed by atoms with Gasteiger partial charge in [-0.05, 0) is 67.2 Å². The topological polar surface area (TPSA) is 118 Å². The van der Waals surface area contributed by atoms with E-state index < -0.39 is 17.4 Å². The Morgan fingerprint density at radius 1 is 1.06 bits per heavy atom. The molecule has 0 spiro atoms. The number of pyridine rings is 1. The van der Waals surface area contributed by atoms with E-state index in [-0.39, 0.29) is 17.2 Å². The standard InChI is InChI=1S/C28H32N4O4/c1-19(20-8-4-2-5-9-20)17-30-23-12-15-32(27(34)25(23)28(35)36)24-11-10-21(26(29)33)16-22(24)18-31-13-6-3-7-14-31/h2,4-5,8-12,15-16,19,30H,3,6-7,13-14,17-18H2,1H3,(H2,29,33)(H,35,36). The van der Waals surface area contributed by atoms with E-state index in [4.69, 9.17) is 5.73 Å². The molecule has 2 aromatic carbocycles. The fourth-order valence-corrected chi connectivity index (χ4v) is 4.70. The number of hydrogen-bond donors (Lipinski definition) is 3. The van der Waals surface area contributed by atoms with Crippen LogP contribution in [0, 0.1) is 0 Å². The lowest BCUT2D eigenvalue weighted by Crippen LogP contribution is -2.31. The number of benzene rings is 2. The summed E-state index contributed by atoms with van der Waals surface area (Å²) >= 11 is 0. The first-order chi connectivity index (χ1) is 17.3. The molecule has 36 heavy (non-hydrogen) atoms. The normalized spacial score (nSPS) is 14.8. The summed E-state index contributed by atoms with van der Waals surface area (Å²) in [7, 11) is 0. The van der Waals surface area contributed by atoms with E-state index in [1.807, 2.05) is 37.3 Å². The van der Waals surface area contributed by atoms with E-state index in [1.165, 1.54) is 11.0 Å². The number of primary amides is 1. The minimum Gasteiger partial charge on any atom is -0.477 e. The smallest absolute Gasteiger partial charge is 0.343 e. The van der Waals surface area contributed by atoms with Crippen LogP contribution in [0.1, 0.15) is 63.9 Å². The van der Waals surface area contributed by atoms with Gasteiger partial charge in [-0.15, -0.1) is 0 Å². The van der Waals surface area contributed by atoms with Crippen LogP contribution in [0.15, 0.2) is 65.6 Å². The Kier molecular flexibility index (Phi) is 7.85. The predicted molar refractivity (Wildman–Crippen MR) is 140 cm³/mol. The van der Waals surface area contributed by atoms with Gasteiger partial charge < -0.3 is 16.2 Å². The molecule has 1 atom stereocenters. The third kappa shape index (κ3) is 5.66. The molecule has 0 bridgehead atoms. The number of carboxylic acids is 1. The molecule has 0 radical (unpaired) electrons. The van der Waals surface area contributed by atoms with Crippen molar-refractivity contribution in [1.29, 1.82) is 0 Å². The van der Waals surface area contributed by atoms with Crippen molar-refractivity contribution >= 4 is 17.6 Å². The Hall–Kier alpha value is -3.91. The third-order valence-electron chi connectivity index (χ3n) is 6.74. The number of carbonyl (C=O) groups is 2. The number of nitrogens with zero attached hydrogens (tertiary/aromatic N) is 2. The SMILES string of the molecule is CC(CNc1ccn(-c2ccc(C(N)=O)cc2CN2CCCCC2)c(=O)c1C(=O)O)c1ccccc1. The van der Waals surface area contributed by atoms with Crippen molar-refractivity contribution in [3.63, 3.8) is 0 Å². The molecule has 1 aromatic heterocycles. The minimum absolute atomic E-state index is 0.118.